The predicted molar refractivity (Wildman–Crippen MR) is 140 cm³/mol. The zero-order valence-electron chi connectivity index (χ0n) is 20.8. The van der Waals surface area contributed by atoms with Gasteiger partial charge >= 0.3 is 0 Å². The van der Waals surface area contributed by atoms with E-state index in [0.29, 0.717) is 17.7 Å². The van der Waals surface area contributed by atoms with Crippen LogP contribution in [0, 0.1) is 26.2 Å². The minimum atomic E-state index is -0.144. The molecule has 0 radical (unpaired) electrons. The molecular weight excluding hydrogens is 452 g/mol. The molecule has 1 fully saturated rings. The summed E-state index contributed by atoms with van der Waals surface area (Å²) in [6, 6.07) is 13.4. The summed E-state index contributed by atoms with van der Waals surface area (Å²) in [5.74, 6) is 3.30. The molecule has 4 rings (SSSR count). The molecular formula is C29H30N4O3. The standard InChI is InChI=1S/C29H30N4O3/c1-5-22(27-15-23(9-6-19(27)2)29(35)32-25-10-11-25)14-24-17-31-33(20(24)3)18-28(34)30-16-21-7-12-26(36-4)13-8-21/h1,6-9,12-15,17,25H,10-11,16,18H2,2-4H3,(H,30,34)(H,32,35)/b22-14+. The first-order valence-electron chi connectivity index (χ1n) is 11.9. The third-order valence-electron chi connectivity index (χ3n) is 6.24. The van der Waals surface area contributed by atoms with Gasteiger partial charge in [-0.1, -0.05) is 24.1 Å². The number of rotatable bonds is 9. The van der Waals surface area contributed by atoms with Crippen molar-refractivity contribution in [1.29, 1.82) is 0 Å². The Balaban J connectivity index is 1.45. The highest BCUT2D eigenvalue weighted by molar-refractivity contribution is 5.98. The number of aryl methyl sites for hydroxylation is 1. The molecule has 0 unspecified atom stereocenters. The molecule has 0 spiro atoms. The van der Waals surface area contributed by atoms with Crippen LogP contribution in [0.4, 0.5) is 0 Å². The van der Waals surface area contributed by atoms with Crippen molar-refractivity contribution in [3.8, 4) is 18.1 Å². The number of benzene rings is 2. The summed E-state index contributed by atoms with van der Waals surface area (Å²) in [7, 11) is 1.62. The van der Waals surface area contributed by atoms with E-state index in [-0.39, 0.29) is 24.4 Å². The van der Waals surface area contributed by atoms with E-state index < -0.39 is 0 Å². The van der Waals surface area contributed by atoms with E-state index in [0.717, 1.165) is 46.5 Å². The number of carbonyl (C=O) groups excluding carboxylic acids is 2. The lowest BCUT2D eigenvalue weighted by Gasteiger charge is -2.10. The van der Waals surface area contributed by atoms with Crippen LogP contribution in [0.5, 0.6) is 5.75 Å². The maximum absolute atomic E-state index is 12.5. The summed E-state index contributed by atoms with van der Waals surface area (Å²) >= 11 is 0. The number of hydrogen-bond donors (Lipinski definition) is 2. The van der Waals surface area contributed by atoms with Crippen LogP contribution in [-0.2, 0) is 17.9 Å². The number of terminal acetylenes is 1. The zero-order valence-corrected chi connectivity index (χ0v) is 20.8. The monoisotopic (exact) mass is 482 g/mol. The average Bonchev–Trinajstić information content (AvgIpc) is 3.64. The van der Waals surface area contributed by atoms with Crippen LogP contribution in [0.1, 0.15) is 51.1 Å². The Morgan fingerprint density at radius 3 is 2.61 bits per heavy atom. The van der Waals surface area contributed by atoms with Gasteiger partial charge in [-0.05, 0) is 73.7 Å². The quantitative estimate of drug-likeness (QED) is 0.453. The van der Waals surface area contributed by atoms with Crippen molar-refractivity contribution in [2.45, 2.75) is 45.8 Å². The number of hydrogen-bond acceptors (Lipinski definition) is 4. The fraction of sp³-hybridized carbons (Fsp3) is 0.276. The molecule has 1 aliphatic carbocycles. The third kappa shape index (κ3) is 6.02. The van der Waals surface area contributed by atoms with E-state index in [1.54, 1.807) is 18.0 Å². The van der Waals surface area contributed by atoms with E-state index in [9.17, 15) is 9.59 Å². The lowest BCUT2D eigenvalue weighted by molar-refractivity contribution is -0.122. The Morgan fingerprint density at radius 1 is 1.19 bits per heavy atom. The van der Waals surface area contributed by atoms with Crippen molar-refractivity contribution in [1.82, 2.24) is 20.4 Å². The highest BCUT2D eigenvalue weighted by atomic mass is 16.5. The summed E-state index contributed by atoms with van der Waals surface area (Å²) < 4.78 is 6.81. The number of carbonyl (C=O) groups is 2. The molecule has 1 aliphatic rings. The molecule has 3 aromatic rings. The number of methoxy groups -OCH3 is 1. The van der Waals surface area contributed by atoms with Crippen molar-refractivity contribution in [2.75, 3.05) is 7.11 Å². The summed E-state index contributed by atoms with van der Waals surface area (Å²) in [5, 5.41) is 10.3. The van der Waals surface area contributed by atoms with Crippen LogP contribution < -0.4 is 15.4 Å². The first-order chi connectivity index (χ1) is 17.4. The molecule has 184 valence electrons. The van der Waals surface area contributed by atoms with Gasteiger partial charge in [-0.3, -0.25) is 14.3 Å². The Labute approximate surface area is 211 Å². The van der Waals surface area contributed by atoms with Crippen LogP contribution in [0.2, 0.25) is 0 Å². The first-order valence-corrected chi connectivity index (χ1v) is 11.9. The van der Waals surface area contributed by atoms with Crippen molar-refractivity contribution in [3.63, 3.8) is 0 Å². The van der Waals surface area contributed by atoms with E-state index >= 15 is 0 Å². The number of nitrogens with one attached hydrogen (secondary N) is 2. The Hall–Kier alpha value is -4.31. The van der Waals surface area contributed by atoms with Gasteiger partial charge < -0.3 is 15.4 Å². The van der Waals surface area contributed by atoms with Crippen LogP contribution in [-0.4, -0.2) is 34.7 Å². The topological polar surface area (TPSA) is 85.2 Å². The van der Waals surface area contributed by atoms with Crippen LogP contribution in [0.15, 0.2) is 48.7 Å². The summed E-state index contributed by atoms with van der Waals surface area (Å²) in [4.78, 5) is 25.0. The summed E-state index contributed by atoms with van der Waals surface area (Å²) in [6.45, 7) is 4.38. The molecule has 2 N–H and O–H groups in total. The lowest BCUT2D eigenvalue weighted by Crippen LogP contribution is -2.27. The van der Waals surface area contributed by atoms with E-state index in [2.05, 4.69) is 21.7 Å². The molecule has 7 heteroatoms. The number of aromatic nitrogens is 2. The maximum atomic E-state index is 12.5. The zero-order chi connectivity index (χ0) is 25.7. The molecule has 0 saturated heterocycles. The SMILES string of the molecule is C#C/C(=C\c1cnn(CC(=O)NCc2ccc(OC)cc2)c1C)c1cc(C(=O)NC2CC2)ccc1C. The minimum Gasteiger partial charge on any atom is -0.497 e. The Bertz CT molecular complexity index is 1340. The molecule has 1 heterocycles. The van der Waals surface area contributed by atoms with Gasteiger partial charge in [-0.25, -0.2) is 0 Å². The second-order valence-corrected chi connectivity index (χ2v) is 8.95. The number of ether oxygens (including phenoxy) is 1. The van der Waals surface area contributed by atoms with Gasteiger partial charge in [0.1, 0.15) is 12.3 Å². The predicted octanol–water partition coefficient (Wildman–Crippen LogP) is 3.89. The van der Waals surface area contributed by atoms with Crippen molar-refractivity contribution in [2.24, 2.45) is 0 Å². The number of nitrogens with zero attached hydrogens (tertiary/aromatic N) is 2. The number of amides is 2. The van der Waals surface area contributed by atoms with Gasteiger partial charge in [0.15, 0.2) is 0 Å². The minimum absolute atomic E-state index is 0.0835. The third-order valence-corrected chi connectivity index (χ3v) is 6.24. The smallest absolute Gasteiger partial charge is 0.251 e. The molecule has 1 aromatic heterocycles. The summed E-state index contributed by atoms with van der Waals surface area (Å²) in [6.07, 6.45) is 11.5. The lowest BCUT2D eigenvalue weighted by atomic mass is 9.96. The van der Waals surface area contributed by atoms with Gasteiger partial charge in [0.25, 0.3) is 5.91 Å². The molecule has 0 bridgehead atoms. The molecule has 2 aromatic carbocycles. The van der Waals surface area contributed by atoms with E-state index in [1.807, 2.05) is 62.4 Å². The second-order valence-electron chi connectivity index (χ2n) is 8.95. The van der Waals surface area contributed by atoms with E-state index in [4.69, 9.17) is 11.2 Å². The fourth-order valence-corrected chi connectivity index (χ4v) is 3.80. The molecule has 1 saturated carbocycles. The van der Waals surface area contributed by atoms with Gasteiger partial charge in [-0.15, -0.1) is 6.42 Å². The molecule has 2 amide bonds. The first kappa shape index (κ1) is 24.8. The van der Waals surface area contributed by atoms with E-state index in [1.165, 1.54) is 0 Å². The molecule has 7 nitrogen and oxygen atoms in total. The van der Waals surface area contributed by atoms with Crippen LogP contribution in [0.3, 0.4) is 0 Å². The van der Waals surface area contributed by atoms with Crippen molar-refractivity contribution >= 4 is 23.5 Å². The van der Waals surface area contributed by atoms with Crippen LogP contribution in [0.25, 0.3) is 11.6 Å². The molecule has 36 heavy (non-hydrogen) atoms. The van der Waals surface area contributed by atoms with Gasteiger partial charge in [0.2, 0.25) is 5.91 Å². The highest BCUT2D eigenvalue weighted by Crippen LogP contribution is 2.25. The van der Waals surface area contributed by atoms with Gasteiger partial charge in [0, 0.05) is 35.0 Å². The van der Waals surface area contributed by atoms with Gasteiger partial charge in [-0.2, -0.15) is 5.10 Å². The second kappa shape index (κ2) is 11.0. The van der Waals surface area contributed by atoms with Crippen molar-refractivity contribution < 1.29 is 14.3 Å². The van der Waals surface area contributed by atoms with Crippen LogP contribution >= 0.6 is 0 Å². The highest BCUT2D eigenvalue weighted by Gasteiger charge is 2.24. The maximum Gasteiger partial charge on any atom is 0.251 e. The normalized spacial score (nSPS) is 13.1. The Morgan fingerprint density at radius 2 is 1.94 bits per heavy atom. The molecule has 0 atom stereocenters. The number of allylic oxidation sites excluding steroid dienone is 1. The average molecular weight is 483 g/mol. The fourth-order valence-electron chi connectivity index (χ4n) is 3.80. The molecule has 0 aliphatic heterocycles. The largest absolute Gasteiger partial charge is 0.497 e. The van der Waals surface area contributed by atoms with Gasteiger partial charge in [0.05, 0.1) is 13.3 Å². The summed E-state index contributed by atoms with van der Waals surface area (Å²) in [5.41, 5.74) is 5.66. The van der Waals surface area contributed by atoms with Crippen molar-refractivity contribution in [3.05, 3.63) is 82.2 Å². The Kier molecular flexibility index (Phi) is 7.55.